The Bertz CT molecular complexity index is 2470. The highest BCUT2D eigenvalue weighted by Gasteiger charge is 2.64. The Labute approximate surface area is 583 Å². The van der Waals surface area contributed by atoms with Crippen molar-refractivity contribution in [1.82, 2.24) is 46.2 Å². The number of methoxy groups -OCH3 is 7. The van der Waals surface area contributed by atoms with Crippen molar-refractivity contribution in [3.05, 3.63) is 0 Å². The van der Waals surface area contributed by atoms with Crippen molar-refractivity contribution in [2.75, 3.05) is 117 Å². The molecule has 4 atom stereocenters. The van der Waals surface area contributed by atoms with E-state index in [1.54, 1.807) is 21.3 Å². The molecule has 5 N–H and O–H groups in total. The Kier molecular flexibility index (Phi) is 26.9. The van der Waals surface area contributed by atoms with Gasteiger partial charge in [-0.15, -0.1) is 0 Å². The number of urea groups is 2. The zero-order valence-corrected chi connectivity index (χ0v) is 60.9. The Morgan fingerprint density at radius 3 is 1.15 bits per heavy atom. The van der Waals surface area contributed by atoms with Gasteiger partial charge >= 0.3 is 12.1 Å². The van der Waals surface area contributed by atoms with Crippen LogP contribution in [0.1, 0.15) is 194 Å². The molecule has 0 aromatic carbocycles. The van der Waals surface area contributed by atoms with Crippen molar-refractivity contribution < 1.29 is 76.2 Å². The minimum Gasteiger partial charge on any atom is -0.364 e. The first-order valence-corrected chi connectivity index (χ1v) is 37.5. The molecule has 9 amide bonds. The zero-order valence-electron chi connectivity index (χ0n) is 60.9. The van der Waals surface area contributed by atoms with Gasteiger partial charge in [0.15, 0.2) is 12.3 Å². The highest BCUT2D eigenvalue weighted by atomic mass is 16.5. The highest BCUT2D eigenvalue weighted by molar-refractivity contribution is 5.88. The summed E-state index contributed by atoms with van der Waals surface area (Å²) in [6.07, 6.45) is 32.6. The van der Waals surface area contributed by atoms with E-state index in [4.69, 9.17) is 42.6 Å². The molecule has 4 unspecified atom stereocenters. The Balaban J connectivity index is 0.000000134. The summed E-state index contributed by atoms with van der Waals surface area (Å²) < 4.78 is 46.5. The van der Waals surface area contributed by atoms with Gasteiger partial charge in [-0.2, -0.15) is 0 Å². The van der Waals surface area contributed by atoms with E-state index in [9.17, 15) is 33.6 Å². The first-order valence-electron chi connectivity index (χ1n) is 37.5. The van der Waals surface area contributed by atoms with E-state index in [1.165, 1.54) is 144 Å². The number of fused-ring (bicyclic) bond motifs is 3. The first-order chi connectivity index (χ1) is 47.3. The number of nitrogens with zero attached hydrogens (tertiary/aromatic N) is 4. The van der Waals surface area contributed by atoms with Crippen LogP contribution in [0.2, 0.25) is 0 Å². The summed E-state index contributed by atoms with van der Waals surface area (Å²) in [7, 11) is 10.7. The van der Waals surface area contributed by atoms with E-state index in [0.29, 0.717) is 50.3 Å². The SMILES string of the molecule is CCC(C)OCNC(=O)C12CC3CC(CC(C3)C1)C2.COCN1C(=O)N(COC)C2C1N(COC)C(=O)N2COC.COCNC(=O)C12CC3CC(C1)CC(C(=O)NCOC)(C3)C2.COCNC(=O)C1CC2CCC1C2.O=C(NCOCC1CCCCC1)C12CC3CC(CC(C3)C1)C2. The molecule has 25 heteroatoms. The third-order valence-corrected chi connectivity index (χ3v) is 25.5. The second-order valence-corrected chi connectivity index (χ2v) is 32.6. The fourth-order valence-corrected chi connectivity index (χ4v) is 22.3. The van der Waals surface area contributed by atoms with Crippen LogP contribution in [0.3, 0.4) is 0 Å². The summed E-state index contributed by atoms with van der Waals surface area (Å²) >= 11 is 0. The van der Waals surface area contributed by atoms with Crippen LogP contribution in [0.4, 0.5) is 9.59 Å². The van der Waals surface area contributed by atoms with Crippen LogP contribution in [0.15, 0.2) is 0 Å². The molecule has 0 radical (unpaired) electrons. The Hall–Kier alpha value is -4.47. The Morgan fingerprint density at radius 2 is 0.786 bits per heavy atom. The van der Waals surface area contributed by atoms with Crippen LogP contribution >= 0.6 is 0 Å². The van der Waals surface area contributed by atoms with Gasteiger partial charge in [-0.25, -0.2) is 9.59 Å². The molecule has 2 heterocycles. The maximum absolute atomic E-state index is 12.8. The van der Waals surface area contributed by atoms with Crippen molar-refractivity contribution >= 4 is 41.6 Å². The molecule has 15 saturated carbocycles. The maximum atomic E-state index is 12.8. The number of hydrogen-bond donors (Lipinski definition) is 5. The lowest BCUT2D eigenvalue weighted by Crippen LogP contribution is -2.61. The van der Waals surface area contributed by atoms with Gasteiger partial charge in [0.2, 0.25) is 29.5 Å². The molecular formula is C73H123N9O16. The average Bonchev–Trinajstić information content (AvgIpc) is 1.58. The molecule has 0 aromatic rings. The third kappa shape index (κ3) is 17.4. The molecule has 98 heavy (non-hydrogen) atoms. The van der Waals surface area contributed by atoms with Crippen molar-refractivity contribution in [3.8, 4) is 0 Å². The quantitative estimate of drug-likeness (QED) is 0.0380. The number of ether oxygens (including phenoxy) is 9. The normalized spacial score (nSPS) is 36.3. The molecule has 17 fully saturated rings. The van der Waals surface area contributed by atoms with Gasteiger partial charge in [0, 0.05) is 55.7 Å². The topological polar surface area (TPSA) is 276 Å². The van der Waals surface area contributed by atoms with E-state index in [-0.39, 0.29) is 110 Å². The molecule has 0 spiro atoms. The summed E-state index contributed by atoms with van der Waals surface area (Å²) in [4.78, 5) is 93.3. The lowest BCUT2D eigenvalue weighted by Gasteiger charge is -2.60. The average molecular weight is 1380 g/mol. The van der Waals surface area contributed by atoms with Crippen molar-refractivity contribution in [2.45, 2.75) is 212 Å². The minimum atomic E-state index is -0.523. The largest absolute Gasteiger partial charge is 0.364 e. The van der Waals surface area contributed by atoms with Crippen molar-refractivity contribution in [1.29, 1.82) is 0 Å². The summed E-state index contributed by atoms with van der Waals surface area (Å²) in [5, 5.41) is 14.7. The van der Waals surface area contributed by atoms with E-state index < -0.39 is 12.3 Å². The predicted octanol–water partition coefficient (Wildman–Crippen LogP) is 8.65. The molecule has 15 aliphatic carbocycles. The molecule has 25 nitrogen and oxygen atoms in total. The van der Waals surface area contributed by atoms with E-state index >= 15 is 0 Å². The van der Waals surface area contributed by atoms with Gasteiger partial charge in [0.1, 0.15) is 60.6 Å². The molecule has 2 aliphatic heterocycles. The van der Waals surface area contributed by atoms with Gasteiger partial charge in [-0.3, -0.25) is 43.6 Å². The van der Waals surface area contributed by atoms with Gasteiger partial charge in [0.25, 0.3) is 0 Å². The van der Waals surface area contributed by atoms with Crippen LogP contribution in [-0.2, 0) is 66.6 Å². The maximum Gasteiger partial charge on any atom is 0.327 e. The number of amides is 9. The van der Waals surface area contributed by atoms with E-state index in [1.807, 2.05) is 0 Å². The summed E-state index contributed by atoms with van der Waals surface area (Å²) in [5.41, 5.74) is -0.823. The molecule has 14 bridgehead atoms. The highest BCUT2D eigenvalue weighted by Crippen LogP contribution is 2.66. The van der Waals surface area contributed by atoms with Crippen LogP contribution in [0, 0.1) is 92.7 Å². The number of rotatable bonds is 27. The molecule has 556 valence electrons. The van der Waals surface area contributed by atoms with Crippen LogP contribution in [0.5, 0.6) is 0 Å². The standard InChI is InChI=1S/C19H31NO2.C16H26N2O4.C16H27NO2.C12H22N4O6.C10H17NO2/c21-18(20-13-22-12-14-4-2-1-3-5-14)19-9-15-6-16(10-19)8-17(7-15)11-19;1-21-9-17-13(19)15-4-11-3-12(5-15)7-16(6-11,8-15)14(20)18-10-22-2;1-3-11(2)19-10-17-15(18)16-7-12-4-13(8-16)6-14(5-12)9-16;1-19-5-13-9-10(15(7-21-3)11(13)17)16(8-22-4)12(18)14(9)6-20-2;1-13-6-11-10(12)9-5-7-2-3-8(9)4-7/h14-17H,1-13H2,(H,20,21);11-12H,3-10H2,1-2H3,(H,17,19)(H,18,20);11-14H,3-10H2,1-2H3,(H,17,18);9-10H,5-8H2,1-4H3;7-9H,2-6H2,1H3,(H,11,12). The summed E-state index contributed by atoms with van der Waals surface area (Å²) in [6.45, 7) is 6.88. The molecule has 17 rings (SSSR count). The predicted molar refractivity (Wildman–Crippen MR) is 362 cm³/mol. The molecule has 0 aromatic heterocycles. The van der Waals surface area contributed by atoms with E-state index in [0.717, 1.165) is 131 Å². The summed E-state index contributed by atoms with van der Waals surface area (Å²) in [5.74, 6) is 9.38. The van der Waals surface area contributed by atoms with Gasteiger partial charge in [0.05, 0.1) is 34.4 Å². The van der Waals surface area contributed by atoms with Crippen molar-refractivity contribution in [3.63, 3.8) is 0 Å². The minimum absolute atomic E-state index is 0.0249. The van der Waals surface area contributed by atoms with Gasteiger partial charge in [-0.1, -0.05) is 32.6 Å². The van der Waals surface area contributed by atoms with Crippen LogP contribution in [0.25, 0.3) is 0 Å². The lowest BCUT2D eigenvalue weighted by molar-refractivity contribution is -0.169. The van der Waals surface area contributed by atoms with Gasteiger partial charge < -0.3 is 69.2 Å². The fourth-order valence-electron chi connectivity index (χ4n) is 22.3. The first kappa shape index (κ1) is 76.2. The third-order valence-electron chi connectivity index (χ3n) is 25.5. The molecular weight excluding hydrogens is 1260 g/mol. The number of nitrogens with one attached hydrogen (secondary N) is 5. The number of carbonyl (C=O) groups is 7. The van der Waals surface area contributed by atoms with E-state index in [2.05, 4.69) is 40.4 Å². The smallest absolute Gasteiger partial charge is 0.327 e. The van der Waals surface area contributed by atoms with Crippen LogP contribution in [-0.4, -0.2) is 197 Å². The second kappa shape index (κ2) is 34.7. The molecule has 17 aliphatic rings. The van der Waals surface area contributed by atoms with Gasteiger partial charge in [-0.05, 0) is 226 Å². The lowest BCUT2D eigenvalue weighted by atomic mass is 9.43. The monoisotopic (exact) mass is 1380 g/mol. The number of hydrogen-bond acceptors (Lipinski definition) is 16. The zero-order chi connectivity index (χ0) is 69.8. The van der Waals surface area contributed by atoms with Crippen molar-refractivity contribution in [2.24, 2.45) is 92.7 Å². The molecule has 2 saturated heterocycles. The second-order valence-electron chi connectivity index (χ2n) is 32.6. The number of carbonyl (C=O) groups excluding carboxylic acids is 7. The van der Waals surface area contributed by atoms with Crippen LogP contribution < -0.4 is 26.6 Å². The fraction of sp³-hybridized carbons (Fsp3) is 0.904. The summed E-state index contributed by atoms with van der Waals surface area (Å²) in [6, 6.07) is -0.540. The Morgan fingerprint density at radius 1 is 0.418 bits per heavy atom.